The van der Waals surface area contributed by atoms with Crippen molar-refractivity contribution < 1.29 is 9.47 Å². The van der Waals surface area contributed by atoms with Crippen LogP contribution in [0.2, 0.25) is 0 Å². The van der Waals surface area contributed by atoms with Gasteiger partial charge in [-0.05, 0) is 40.6 Å². The van der Waals surface area contributed by atoms with Gasteiger partial charge in [-0.15, -0.1) is 0 Å². The molecule has 0 spiro atoms. The van der Waals surface area contributed by atoms with Gasteiger partial charge in [-0.3, -0.25) is 4.79 Å². The number of pyridine rings is 1. The second-order valence-corrected chi connectivity index (χ2v) is 6.19. The Morgan fingerprint density at radius 2 is 1.30 bits per heavy atom. The highest BCUT2D eigenvalue weighted by Gasteiger charge is 2.08. The van der Waals surface area contributed by atoms with E-state index in [4.69, 9.17) is 9.47 Å². The fraction of sp³-hybridized carbons (Fsp3) is 0.0870. The van der Waals surface area contributed by atoms with Crippen molar-refractivity contribution in [2.45, 2.75) is 13.2 Å². The summed E-state index contributed by atoms with van der Waals surface area (Å²) in [4.78, 5) is 14.4. The van der Waals surface area contributed by atoms with E-state index >= 15 is 0 Å². The maximum atomic E-state index is 11.8. The lowest BCUT2D eigenvalue weighted by molar-refractivity contribution is 0.256. The Morgan fingerprint density at radius 3 is 2.07 bits per heavy atom. The molecule has 0 saturated heterocycles. The van der Waals surface area contributed by atoms with Crippen LogP contribution in [0.15, 0.2) is 89.9 Å². The van der Waals surface area contributed by atoms with Crippen molar-refractivity contribution >= 4 is 10.8 Å². The number of hydrogen-bond acceptors (Lipinski definition) is 3. The van der Waals surface area contributed by atoms with Gasteiger partial charge in [0.15, 0.2) is 11.5 Å². The minimum atomic E-state index is -0.147. The molecule has 0 fully saturated rings. The summed E-state index contributed by atoms with van der Waals surface area (Å²) in [6, 6.07) is 25.5. The maximum Gasteiger partial charge on any atom is 0.254 e. The van der Waals surface area contributed by atoms with Gasteiger partial charge in [-0.1, -0.05) is 54.6 Å². The lowest BCUT2D eigenvalue weighted by Crippen LogP contribution is -2.13. The summed E-state index contributed by atoms with van der Waals surface area (Å²) in [7, 11) is 0. The van der Waals surface area contributed by atoms with Crippen molar-refractivity contribution in [3.63, 3.8) is 0 Å². The molecule has 4 rings (SSSR count). The normalized spacial score (nSPS) is 10.7. The van der Waals surface area contributed by atoms with Crippen LogP contribution in [0.1, 0.15) is 11.1 Å². The molecule has 0 aliphatic carbocycles. The van der Waals surface area contributed by atoms with Crippen LogP contribution in [0.5, 0.6) is 11.5 Å². The third kappa shape index (κ3) is 3.85. The summed E-state index contributed by atoms with van der Waals surface area (Å²) in [6.45, 7) is 0.623. The molecule has 0 aliphatic rings. The summed E-state index contributed by atoms with van der Waals surface area (Å²) in [5.41, 5.74) is 1.54. The number of aromatic nitrogens is 1. The Labute approximate surface area is 157 Å². The molecule has 4 aromatic rings. The average Bonchev–Trinajstić information content (AvgIpc) is 2.72. The van der Waals surface area contributed by atoms with E-state index in [1.165, 1.54) is 10.8 Å². The summed E-state index contributed by atoms with van der Waals surface area (Å²) >= 11 is 0. The van der Waals surface area contributed by atoms with E-state index in [0.29, 0.717) is 23.7 Å². The van der Waals surface area contributed by atoms with Crippen LogP contribution in [-0.4, -0.2) is 4.98 Å². The molecule has 134 valence electrons. The standard InChI is InChI=1S/C23H19NO3/c25-23-19(10-6-14-24-23)16-27-22-13-4-3-12-21(22)26-15-18-9-5-8-17-7-1-2-11-20(17)18/h1-14H,15-16H2,(H,24,25). The van der Waals surface area contributed by atoms with Gasteiger partial charge < -0.3 is 14.5 Å². The first-order chi connectivity index (χ1) is 13.3. The van der Waals surface area contributed by atoms with Gasteiger partial charge >= 0.3 is 0 Å². The molecule has 0 unspecified atom stereocenters. The molecular formula is C23H19NO3. The smallest absolute Gasteiger partial charge is 0.254 e. The Bertz CT molecular complexity index is 1110. The van der Waals surface area contributed by atoms with Crippen molar-refractivity contribution in [1.82, 2.24) is 4.98 Å². The minimum absolute atomic E-state index is 0.147. The monoisotopic (exact) mass is 357 g/mol. The zero-order valence-corrected chi connectivity index (χ0v) is 14.7. The second kappa shape index (κ2) is 7.79. The minimum Gasteiger partial charge on any atom is -0.485 e. The highest BCUT2D eigenvalue weighted by atomic mass is 16.5. The number of ether oxygens (including phenoxy) is 2. The number of aromatic amines is 1. The number of benzene rings is 3. The molecule has 0 bridgehead atoms. The van der Waals surface area contributed by atoms with Gasteiger partial charge in [-0.25, -0.2) is 0 Å². The van der Waals surface area contributed by atoms with Crippen molar-refractivity contribution in [3.05, 3.63) is 107 Å². The molecule has 4 heteroatoms. The van der Waals surface area contributed by atoms with E-state index in [0.717, 1.165) is 5.56 Å². The van der Waals surface area contributed by atoms with E-state index in [9.17, 15) is 4.79 Å². The molecule has 0 saturated carbocycles. The molecule has 27 heavy (non-hydrogen) atoms. The van der Waals surface area contributed by atoms with E-state index in [2.05, 4.69) is 29.2 Å². The molecule has 1 heterocycles. The molecule has 3 aromatic carbocycles. The third-order valence-corrected chi connectivity index (χ3v) is 4.40. The van der Waals surface area contributed by atoms with Crippen molar-refractivity contribution in [3.8, 4) is 11.5 Å². The topological polar surface area (TPSA) is 51.3 Å². The van der Waals surface area contributed by atoms with Crippen molar-refractivity contribution in [2.24, 2.45) is 0 Å². The van der Waals surface area contributed by atoms with Crippen LogP contribution in [0.4, 0.5) is 0 Å². The highest BCUT2D eigenvalue weighted by molar-refractivity contribution is 5.85. The number of para-hydroxylation sites is 2. The van der Waals surface area contributed by atoms with Crippen LogP contribution >= 0.6 is 0 Å². The van der Waals surface area contributed by atoms with E-state index < -0.39 is 0 Å². The lowest BCUT2D eigenvalue weighted by atomic mass is 10.1. The van der Waals surface area contributed by atoms with Crippen LogP contribution in [0.3, 0.4) is 0 Å². The van der Waals surface area contributed by atoms with Crippen LogP contribution in [0.25, 0.3) is 10.8 Å². The van der Waals surface area contributed by atoms with Crippen LogP contribution in [0, 0.1) is 0 Å². The Balaban J connectivity index is 1.51. The molecule has 4 nitrogen and oxygen atoms in total. The summed E-state index contributed by atoms with van der Waals surface area (Å²) in [5, 5.41) is 2.36. The number of fused-ring (bicyclic) bond motifs is 1. The van der Waals surface area contributed by atoms with E-state index in [-0.39, 0.29) is 12.2 Å². The second-order valence-electron chi connectivity index (χ2n) is 6.19. The van der Waals surface area contributed by atoms with Gasteiger partial charge in [0.25, 0.3) is 5.56 Å². The largest absolute Gasteiger partial charge is 0.485 e. The summed E-state index contributed by atoms with van der Waals surface area (Å²) < 4.78 is 11.9. The molecule has 0 aliphatic heterocycles. The Kier molecular flexibility index (Phi) is 4.88. The number of H-pyrrole nitrogens is 1. The average molecular weight is 357 g/mol. The SMILES string of the molecule is O=c1[nH]cccc1COc1ccccc1OCc1cccc2ccccc12. The maximum absolute atomic E-state index is 11.8. The molecule has 1 N–H and O–H groups in total. The first-order valence-corrected chi connectivity index (χ1v) is 8.79. The summed E-state index contributed by atoms with van der Waals surface area (Å²) in [6.07, 6.45) is 1.60. The highest BCUT2D eigenvalue weighted by Crippen LogP contribution is 2.29. The lowest BCUT2D eigenvalue weighted by Gasteiger charge is -2.13. The van der Waals surface area contributed by atoms with E-state index in [1.54, 1.807) is 18.3 Å². The molecule has 1 aromatic heterocycles. The van der Waals surface area contributed by atoms with Crippen LogP contribution < -0.4 is 15.0 Å². The molecule has 0 amide bonds. The quantitative estimate of drug-likeness (QED) is 0.545. The predicted octanol–water partition coefficient (Wildman–Crippen LogP) is 4.69. The fourth-order valence-corrected chi connectivity index (χ4v) is 2.99. The number of nitrogens with one attached hydrogen (secondary N) is 1. The van der Waals surface area contributed by atoms with Crippen molar-refractivity contribution in [1.29, 1.82) is 0 Å². The first kappa shape index (κ1) is 16.9. The zero-order valence-electron chi connectivity index (χ0n) is 14.7. The van der Waals surface area contributed by atoms with Crippen LogP contribution in [-0.2, 0) is 13.2 Å². The van der Waals surface area contributed by atoms with Gasteiger partial charge in [0.2, 0.25) is 0 Å². The molecular weight excluding hydrogens is 338 g/mol. The van der Waals surface area contributed by atoms with Gasteiger partial charge in [0.05, 0.1) is 5.56 Å². The van der Waals surface area contributed by atoms with Crippen molar-refractivity contribution in [2.75, 3.05) is 0 Å². The molecule has 0 atom stereocenters. The third-order valence-electron chi connectivity index (χ3n) is 4.40. The zero-order chi connectivity index (χ0) is 18.5. The Morgan fingerprint density at radius 1 is 0.667 bits per heavy atom. The van der Waals surface area contributed by atoms with E-state index in [1.807, 2.05) is 42.5 Å². The number of rotatable bonds is 6. The fourth-order valence-electron chi connectivity index (χ4n) is 2.99. The molecule has 0 radical (unpaired) electrons. The first-order valence-electron chi connectivity index (χ1n) is 8.79. The summed E-state index contributed by atoms with van der Waals surface area (Å²) in [5.74, 6) is 1.26. The number of hydrogen-bond donors (Lipinski definition) is 1. The van der Waals surface area contributed by atoms with Gasteiger partial charge in [-0.2, -0.15) is 0 Å². The van der Waals surface area contributed by atoms with Gasteiger partial charge in [0, 0.05) is 6.20 Å². The predicted molar refractivity (Wildman–Crippen MR) is 106 cm³/mol. The Hall–Kier alpha value is -3.53. The van der Waals surface area contributed by atoms with Gasteiger partial charge in [0.1, 0.15) is 13.2 Å².